The third kappa shape index (κ3) is 6.47. The summed E-state index contributed by atoms with van der Waals surface area (Å²) in [5, 5.41) is 2.73. The highest BCUT2D eigenvalue weighted by Gasteiger charge is 2.26. The average molecular weight is 475 g/mol. The van der Waals surface area contributed by atoms with Crippen LogP contribution in [0.2, 0.25) is 0 Å². The van der Waals surface area contributed by atoms with Crippen molar-refractivity contribution in [2.24, 2.45) is 0 Å². The van der Waals surface area contributed by atoms with Gasteiger partial charge in [-0.2, -0.15) is 4.31 Å². The SMILES string of the molecule is CCCC(=O)Nc1ccc(C(=O)COC(=O)c2ccc(S(=O)(=O)N3CCOCC3)cc2)cc1. The molecule has 1 aliphatic rings. The van der Waals surface area contributed by atoms with Crippen molar-refractivity contribution in [2.45, 2.75) is 24.7 Å². The number of morpholine rings is 1. The molecular formula is C23H26N2O7S. The van der Waals surface area contributed by atoms with Crippen LogP contribution in [0.15, 0.2) is 53.4 Å². The number of nitrogens with one attached hydrogen (secondary N) is 1. The number of rotatable bonds is 9. The Balaban J connectivity index is 1.55. The van der Waals surface area contributed by atoms with Crippen molar-refractivity contribution in [3.8, 4) is 0 Å². The molecular weight excluding hydrogens is 448 g/mol. The number of nitrogens with zero attached hydrogens (tertiary/aromatic N) is 1. The number of amides is 1. The third-order valence-electron chi connectivity index (χ3n) is 5.00. The van der Waals surface area contributed by atoms with E-state index in [9.17, 15) is 22.8 Å². The van der Waals surface area contributed by atoms with Gasteiger partial charge in [0.2, 0.25) is 15.9 Å². The van der Waals surface area contributed by atoms with Gasteiger partial charge in [-0.3, -0.25) is 9.59 Å². The van der Waals surface area contributed by atoms with E-state index in [4.69, 9.17) is 9.47 Å². The summed E-state index contributed by atoms with van der Waals surface area (Å²) < 4.78 is 36.9. The smallest absolute Gasteiger partial charge is 0.338 e. The van der Waals surface area contributed by atoms with Crippen LogP contribution in [-0.2, 0) is 24.3 Å². The molecule has 1 aliphatic heterocycles. The molecule has 1 N–H and O–H groups in total. The van der Waals surface area contributed by atoms with Gasteiger partial charge >= 0.3 is 5.97 Å². The maximum absolute atomic E-state index is 12.6. The number of Topliss-reactive ketones (excluding diaryl/α,β-unsaturated/α-hetero) is 1. The van der Waals surface area contributed by atoms with Gasteiger partial charge in [0.1, 0.15) is 0 Å². The van der Waals surface area contributed by atoms with Gasteiger partial charge in [0, 0.05) is 30.8 Å². The summed E-state index contributed by atoms with van der Waals surface area (Å²) in [6.07, 6.45) is 1.15. The molecule has 1 amide bonds. The van der Waals surface area contributed by atoms with Crippen molar-refractivity contribution in [2.75, 3.05) is 38.2 Å². The Morgan fingerprint density at radius 1 is 0.970 bits per heavy atom. The number of ether oxygens (including phenoxy) is 2. The molecule has 1 heterocycles. The molecule has 0 atom stereocenters. The third-order valence-corrected chi connectivity index (χ3v) is 6.91. The van der Waals surface area contributed by atoms with E-state index in [-0.39, 0.29) is 29.5 Å². The number of anilines is 1. The molecule has 0 unspecified atom stereocenters. The molecule has 0 radical (unpaired) electrons. The summed E-state index contributed by atoms with van der Waals surface area (Å²) in [5.74, 6) is -1.24. The second-order valence-electron chi connectivity index (χ2n) is 7.42. The van der Waals surface area contributed by atoms with Crippen LogP contribution in [0.3, 0.4) is 0 Å². The van der Waals surface area contributed by atoms with E-state index >= 15 is 0 Å². The van der Waals surface area contributed by atoms with Crippen LogP contribution in [0.1, 0.15) is 40.5 Å². The lowest BCUT2D eigenvalue weighted by molar-refractivity contribution is -0.116. The summed E-state index contributed by atoms with van der Waals surface area (Å²) in [6, 6.07) is 11.7. The van der Waals surface area contributed by atoms with Gasteiger partial charge < -0.3 is 14.8 Å². The second-order valence-corrected chi connectivity index (χ2v) is 9.35. The highest BCUT2D eigenvalue weighted by Crippen LogP contribution is 2.18. The van der Waals surface area contributed by atoms with Crippen LogP contribution in [-0.4, -0.2) is 63.3 Å². The van der Waals surface area contributed by atoms with E-state index in [1.165, 1.54) is 28.6 Å². The van der Waals surface area contributed by atoms with Gasteiger partial charge in [0.25, 0.3) is 0 Å². The fraction of sp³-hybridized carbons (Fsp3) is 0.348. The predicted octanol–water partition coefficient (Wildman–Crippen LogP) is 2.49. The molecule has 9 nitrogen and oxygen atoms in total. The van der Waals surface area contributed by atoms with Crippen LogP contribution in [0.4, 0.5) is 5.69 Å². The second kappa shape index (κ2) is 11.2. The normalized spacial score (nSPS) is 14.5. The van der Waals surface area contributed by atoms with E-state index in [0.29, 0.717) is 30.9 Å². The molecule has 2 aromatic rings. The molecule has 176 valence electrons. The van der Waals surface area contributed by atoms with Crippen molar-refractivity contribution in [1.82, 2.24) is 4.31 Å². The van der Waals surface area contributed by atoms with E-state index < -0.39 is 28.4 Å². The Hall–Kier alpha value is -3.08. The number of ketones is 1. The zero-order valence-corrected chi connectivity index (χ0v) is 19.1. The van der Waals surface area contributed by atoms with Gasteiger partial charge in [-0.1, -0.05) is 6.92 Å². The van der Waals surface area contributed by atoms with Crippen LogP contribution in [0.5, 0.6) is 0 Å². The van der Waals surface area contributed by atoms with E-state index in [1.807, 2.05) is 6.92 Å². The van der Waals surface area contributed by atoms with Crippen molar-refractivity contribution >= 4 is 33.4 Å². The number of hydrogen-bond acceptors (Lipinski definition) is 7. The van der Waals surface area contributed by atoms with E-state index in [2.05, 4.69) is 5.32 Å². The Morgan fingerprint density at radius 2 is 1.58 bits per heavy atom. The van der Waals surface area contributed by atoms with Crippen LogP contribution in [0.25, 0.3) is 0 Å². The monoisotopic (exact) mass is 474 g/mol. The lowest BCUT2D eigenvalue weighted by Crippen LogP contribution is -2.40. The lowest BCUT2D eigenvalue weighted by Gasteiger charge is -2.26. The van der Waals surface area contributed by atoms with Crippen LogP contribution >= 0.6 is 0 Å². The summed E-state index contributed by atoms with van der Waals surface area (Å²) in [7, 11) is -3.66. The Labute approximate surface area is 192 Å². The first-order chi connectivity index (χ1) is 15.8. The summed E-state index contributed by atoms with van der Waals surface area (Å²) in [4.78, 5) is 36.3. The highest BCUT2D eigenvalue weighted by atomic mass is 32.2. The van der Waals surface area contributed by atoms with Gasteiger partial charge in [0.15, 0.2) is 12.4 Å². The first-order valence-corrected chi connectivity index (χ1v) is 12.0. The minimum atomic E-state index is -3.66. The first kappa shape index (κ1) is 24.6. The number of carbonyl (C=O) groups excluding carboxylic acids is 3. The first-order valence-electron chi connectivity index (χ1n) is 10.6. The summed E-state index contributed by atoms with van der Waals surface area (Å²) in [5.41, 5.74) is 1.05. The van der Waals surface area contributed by atoms with Crippen LogP contribution in [0, 0.1) is 0 Å². The molecule has 0 saturated carbocycles. The molecule has 1 saturated heterocycles. The molecule has 0 aliphatic carbocycles. The maximum atomic E-state index is 12.6. The van der Waals surface area contributed by atoms with Crippen molar-refractivity contribution in [1.29, 1.82) is 0 Å². The van der Waals surface area contributed by atoms with Gasteiger partial charge in [0.05, 0.1) is 23.7 Å². The number of benzene rings is 2. The topological polar surface area (TPSA) is 119 Å². The lowest BCUT2D eigenvalue weighted by atomic mass is 10.1. The van der Waals surface area contributed by atoms with Gasteiger partial charge in [-0.25, -0.2) is 13.2 Å². The van der Waals surface area contributed by atoms with E-state index in [0.717, 1.165) is 6.42 Å². The Kier molecular flexibility index (Phi) is 8.32. The molecule has 1 fully saturated rings. The van der Waals surface area contributed by atoms with E-state index in [1.54, 1.807) is 24.3 Å². The minimum absolute atomic E-state index is 0.0724. The number of hydrogen-bond donors (Lipinski definition) is 1. The van der Waals surface area contributed by atoms with Gasteiger partial charge in [-0.15, -0.1) is 0 Å². The molecule has 10 heteroatoms. The highest BCUT2D eigenvalue weighted by molar-refractivity contribution is 7.89. The number of carbonyl (C=O) groups is 3. The molecule has 33 heavy (non-hydrogen) atoms. The minimum Gasteiger partial charge on any atom is -0.454 e. The largest absolute Gasteiger partial charge is 0.454 e. The Morgan fingerprint density at radius 3 is 2.18 bits per heavy atom. The molecule has 3 rings (SSSR count). The number of sulfonamides is 1. The number of esters is 1. The average Bonchev–Trinajstić information content (AvgIpc) is 2.83. The molecule has 0 bridgehead atoms. The maximum Gasteiger partial charge on any atom is 0.338 e. The fourth-order valence-corrected chi connectivity index (χ4v) is 4.59. The molecule has 0 spiro atoms. The standard InChI is InChI=1S/C23H26N2O7S/c1-2-3-22(27)24-19-8-4-17(5-9-19)21(26)16-32-23(28)18-6-10-20(11-7-18)33(29,30)25-12-14-31-15-13-25/h4-11H,2-3,12-16H2,1H3,(H,24,27). The fourth-order valence-electron chi connectivity index (χ4n) is 3.19. The van der Waals surface area contributed by atoms with Crippen molar-refractivity contribution in [3.05, 3.63) is 59.7 Å². The predicted molar refractivity (Wildman–Crippen MR) is 121 cm³/mol. The van der Waals surface area contributed by atoms with Crippen molar-refractivity contribution < 1.29 is 32.3 Å². The molecule has 2 aromatic carbocycles. The van der Waals surface area contributed by atoms with Crippen molar-refractivity contribution in [3.63, 3.8) is 0 Å². The van der Waals surface area contributed by atoms with Gasteiger partial charge in [-0.05, 0) is 55.0 Å². The summed E-state index contributed by atoms with van der Waals surface area (Å²) >= 11 is 0. The summed E-state index contributed by atoms with van der Waals surface area (Å²) in [6.45, 7) is 2.68. The zero-order chi connectivity index (χ0) is 23.8. The zero-order valence-electron chi connectivity index (χ0n) is 18.3. The van der Waals surface area contributed by atoms with Crippen LogP contribution < -0.4 is 5.32 Å². The molecule has 0 aromatic heterocycles. The Bertz CT molecular complexity index is 1090. The quantitative estimate of drug-likeness (QED) is 0.438.